The lowest BCUT2D eigenvalue weighted by molar-refractivity contribution is -0.175. The third-order valence-corrected chi connectivity index (χ3v) is 5.13. The standard InChI is InChI=1S/C21H23F3N2O3/c1-29-12-16(11-27)26-20(28)14-9-18-17(3-2-4-19(18)25-10-14)13-5-7-15(8-6-13)21(22,23)24/h2-5,9-10,15-16,27H,6-8,11-12H2,1H3,(H,26,28)/t15?,16-/m0/s1. The number of carbonyl (C=O) groups excluding carboxylic acids is 1. The van der Waals surface area contributed by atoms with Crippen molar-refractivity contribution in [3.05, 3.63) is 47.7 Å². The molecule has 2 N–H and O–H groups in total. The summed E-state index contributed by atoms with van der Waals surface area (Å²) in [6, 6.07) is 6.59. The van der Waals surface area contributed by atoms with Gasteiger partial charge in [-0.05, 0) is 42.5 Å². The molecule has 2 aromatic rings. The number of rotatable bonds is 6. The van der Waals surface area contributed by atoms with Crippen LogP contribution in [-0.2, 0) is 4.74 Å². The number of alkyl halides is 3. The normalized spacial score (nSPS) is 18.4. The number of aliphatic hydroxyl groups is 1. The minimum Gasteiger partial charge on any atom is -0.394 e. The number of carbonyl (C=O) groups is 1. The monoisotopic (exact) mass is 408 g/mol. The summed E-state index contributed by atoms with van der Waals surface area (Å²) in [5, 5.41) is 12.7. The number of fused-ring (bicyclic) bond motifs is 1. The summed E-state index contributed by atoms with van der Waals surface area (Å²) in [5.41, 5.74) is 2.60. The molecular weight excluding hydrogens is 385 g/mol. The number of hydrogen-bond donors (Lipinski definition) is 2. The van der Waals surface area contributed by atoms with Crippen LogP contribution in [0.3, 0.4) is 0 Å². The molecule has 1 aliphatic carbocycles. The average Bonchev–Trinajstić information content (AvgIpc) is 2.72. The van der Waals surface area contributed by atoms with Gasteiger partial charge in [0.25, 0.3) is 5.91 Å². The van der Waals surface area contributed by atoms with Gasteiger partial charge in [-0.3, -0.25) is 9.78 Å². The average molecular weight is 408 g/mol. The number of aromatic nitrogens is 1. The smallest absolute Gasteiger partial charge is 0.392 e. The molecule has 1 amide bonds. The van der Waals surface area contributed by atoms with Gasteiger partial charge in [-0.1, -0.05) is 18.2 Å². The van der Waals surface area contributed by atoms with E-state index in [9.17, 15) is 23.1 Å². The van der Waals surface area contributed by atoms with Crippen molar-refractivity contribution in [3.63, 3.8) is 0 Å². The van der Waals surface area contributed by atoms with Gasteiger partial charge >= 0.3 is 6.18 Å². The summed E-state index contributed by atoms with van der Waals surface area (Å²) in [5.74, 6) is -1.71. The fourth-order valence-electron chi connectivity index (χ4n) is 3.54. The molecule has 0 spiro atoms. The van der Waals surface area contributed by atoms with Gasteiger partial charge in [0.05, 0.1) is 36.3 Å². The predicted octanol–water partition coefficient (Wildman–Crippen LogP) is 3.72. The fraction of sp³-hybridized carbons (Fsp3) is 0.429. The first-order valence-corrected chi connectivity index (χ1v) is 9.39. The molecule has 1 unspecified atom stereocenters. The maximum atomic E-state index is 12.9. The quantitative estimate of drug-likeness (QED) is 0.764. The van der Waals surface area contributed by atoms with Crippen molar-refractivity contribution in [2.24, 2.45) is 5.92 Å². The molecule has 3 rings (SSSR count). The largest absolute Gasteiger partial charge is 0.394 e. The van der Waals surface area contributed by atoms with Crippen molar-refractivity contribution in [2.45, 2.75) is 31.5 Å². The van der Waals surface area contributed by atoms with E-state index >= 15 is 0 Å². The van der Waals surface area contributed by atoms with Crippen LogP contribution in [-0.4, -0.2) is 48.5 Å². The molecule has 0 fully saturated rings. The summed E-state index contributed by atoms with van der Waals surface area (Å²) in [6.45, 7) is -0.0964. The van der Waals surface area contributed by atoms with Crippen LogP contribution in [0.2, 0.25) is 0 Å². The van der Waals surface area contributed by atoms with Crippen molar-refractivity contribution < 1.29 is 27.8 Å². The number of allylic oxidation sites excluding steroid dienone is 2. The van der Waals surface area contributed by atoms with Crippen LogP contribution >= 0.6 is 0 Å². The highest BCUT2D eigenvalue weighted by molar-refractivity contribution is 6.00. The predicted molar refractivity (Wildman–Crippen MR) is 103 cm³/mol. The van der Waals surface area contributed by atoms with E-state index in [1.54, 1.807) is 18.2 Å². The maximum Gasteiger partial charge on any atom is 0.392 e. The van der Waals surface area contributed by atoms with Crippen LogP contribution in [0, 0.1) is 5.92 Å². The Morgan fingerprint density at radius 3 is 2.83 bits per heavy atom. The lowest BCUT2D eigenvalue weighted by atomic mass is 9.85. The lowest BCUT2D eigenvalue weighted by Gasteiger charge is -2.24. The van der Waals surface area contributed by atoms with Crippen LogP contribution in [0.15, 0.2) is 36.5 Å². The maximum absolute atomic E-state index is 12.9. The highest BCUT2D eigenvalue weighted by atomic mass is 19.4. The van der Waals surface area contributed by atoms with E-state index in [1.807, 2.05) is 12.1 Å². The highest BCUT2D eigenvalue weighted by Gasteiger charge is 2.39. The summed E-state index contributed by atoms with van der Waals surface area (Å²) in [6.07, 6.45) is -0.771. The molecule has 1 aliphatic rings. The SMILES string of the molecule is COC[C@H](CO)NC(=O)c1cnc2cccc(C3=CCC(C(F)(F)F)CC3)c2c1. The number of benzene rings is 1. The molecule has 0 saturated heterocycles. The number of hydrogen-bond acceptors (Lipinski definition) is 4. The minimum atomic E-state index is -4.18. The van der Waals surface area contributed by atoms with Gasteiger partial charge in [0.1, 0.15) is 0 Å². The van der Waals surface area contributed by atoms with Gasteiger partial charge in [0, 0.05) is 18.7 Å². The Morgan fingerprint density at radius 1 is 1.41 bits per heavy atom. The first kappa shape index (κ1) is 21.3. The fourth-order valence-corrected chi connectivity index (χ4v) is 3.54. The second kappa shape index (κ2) is 8.92. The van der Waals surface area contributed by atoms with Crippen LogP contribution in [0.5, 0.6) is 0 Å². The zero-order chi connectivity index (χ0) is 21.0. The molecular formula is C21H23F3N2O3. The Balaban J connectivity index is 1.89. The first-order valence-electron chi connectivity index (χ1n) is 9.39. The van der Waals surface area contributed by atoms with Crippen molar-refractivity contribution in [1.29, 1.82) is 0 Å². The van der Waals surface area contributed by atoms with E-state index in [1.165, 1.54) is 13.3 Å². The first-order chi connectivity index (χ1) is 13.8. The minimum absolute atomic E-state index is 0.0436. The van der Waals surface area contributed by atoms with Crippen molar-refractivity contribution in [2.75, 3.05) is 20.3 Å². The van der Waals surface area contributed by atoms with Gasteiger partial charge in [-0.2, -0.15) is 13.2 Å². The number of nitrogens with zero attached hydrogens (tertiary/aromatic N) is 1. The molecule has 0 bridgehead atoms. The van der Waals surface area contributed by atoms with Gasteiger partial charge in [0.2, 0.25) is 0 Å². The Labute approximate surface area is 166 Å². The van der Waals surface area contributed by atoms with Crippen LogP contribution in [0.1, 0.15) is 35.2 Å². The van der Waals surface area contributed by atoms with E-state index in [2.05, 4.69) is 10.3 Å². The van der Waals surface area contributed by atoms with Crippen molar-refractivity contribution >= 4 is 22.4 Å². The molecule has 8 heteroatoms. The van der Waals surface area contributed by atoms with Gasteiger partial charge in [-0.15, -0.1) is 0 Å². The molecule has 0 aliphatic heterocycles. The van der Waals surface area contributed by atoms with E-state index in [0.29, 0.717) is 22.9 Å². The number of methoxy groups -OCH3 is 1. The number of ether oxygens (including phenoxy) is 1. The summed E-state index contributed by atoms with van der Waals surface area (Å²) in [7, 11) is 1.47. The second-order valence-electron chi connectivity index (χ2n) is 7.15. The molecule has 0 saturated carbocycles. The summed E-state index contributed by atoms with van der Waals surface area (Å²) < 4.78 is 43.8. The lowest BCUT2D eigenvalue weighted by Crippen LogP contribution is -2.40. The van der Waals surface area contributed by atoms with Crippen LogP contribution in [0.25, 0.3) is 16.5 Å². The zero-order valence-corrected chi connectivity index (χ0v) is 16.0. The molecule has 1 aromatic carbocycles. The highest BCUT2D eigenvalue weighted by Crippen LogP contribution is 2.40. The van der Waals surface area contributed by atoms with Gasteiger partial charge in [0.15, 0.2) is 0 Å². The number of pyridine rings is 1. The molecule has 2 atom stereocenters. The Kier molecular flexibility index (Phi) is 6.54. The van der Waals surface area contributed by atoms with Crippen molar-refractivity contribution in [3.8, 4) is 0 Å². The molecule has 156 valence electrons. The van der Waals surface area contributed by atoms with Gasteiger partial charge in [-0.25, -0.2) is 0 Å². The van der Waals surface area contributed by atoms with Crippen molar-refractivity contribution in [1.82, 2.24) is 10.3 Å². The Morgan fingerprint density at radius 2 is 2.21 bits per heavy atom. The molecule has 29 heavy (non-hydrogen) atoms. The third kappa shape index (κ3) is 4.94. The Hall–Kier alpha value is -2.45. The third-order valence-electron chi connectivity index (χ3n) is 5.13. The number of halogens is 3. The van der Waals surface area contributed by atoms with Crippen LogP contribution in [0.4, 0.5) is 13.2 Å². The zero-order valence-electron chi connectivity index (χ0n) is 16.0. The van der Waals surface area contributed by atoms with E-state index in [4.69, 9.17) is 4.74 Å². The van der Waals surface area contributed by atoms with Gasteiger partial charge < -0.3 is 15.2 Å². The summed E-state index contributed by atoms with van der Waals surface area (Å²) >= 11 is 0. The van der Waals surface area contributed by atoms with E-state index < -0.39 is 24.0 Å². The topological polar surface area (TPSA) is 71.5 Å². The second-order valence-corrected chi connectivity index (χ2v) is 7.15. The van der Waals surface area contributed by atoms with Crippen LogP contribution < -0.4 is 5.32 Å². The molecule has 0 radical (unpaired) electrons. The number of aliphatic hydroxyl groups excluding tert-OH is 1. The molecule has 5 nitrogen and oxygen atoms in total. The van der Waals surface area contributed by atoms with E-state index in [-0.39, 0.29) is 26.1 Å². The Bertz CT molecular complexity index is 912. The number of nitrogens with one attached hydrogen (secondary N) is 1. The summed E-state index contributed by atoms with van der Waals surface area (Å²) in [4.78, 5) is 16.8. The number of amides is 1. The van der Waals surface area contributed by atoms with E-state index in [0.717, 1.165) is 11.1 Å². The molecule has 1 aromatic heterocycles. The molecule has 1 heterocycles.